The van der Waals surface area contributed by atoms with E-state index in [0.29, 0.717) is 16.2 Å². The van der Waals surface area contributed by atoms with E-state index >= 15 is 0 Å². The minimum absolute atomic E-state index is 0.435. The van der Waals surface area contributed by atoms with Gasteiger partial charge in [0.1, 0.15) is 0 Å². The van der Waals surface area contributed by atoms with E-state index in [-0.39, 0.29) is 0 Å². The summed E-state index contributed by atoms with van der Waals surface area (Å²) in [4.78, 5) is 0. The molecule has 0 radical (unpaired) electrons. The van der Waals surface area contributed by atoms with Crippen molar-refractivity contribution >= 4 is 0 Å². The van der Waals surface area contributed by atoms with Crippen LogP contribution >= 0.6 is 0 Å². The van der Waals surface area contributed by atoms with Crippen molar-refractivity contribution < 1.29 is 0 Å². The van der Waals surface area contributed by atoms with Crippen LogP contribution in [0.15, 0.2) is 11.1 Å². The molecular weight excluding hydrogens is 180 g/mol. The van der Waals surface area contributed by atoms with Crippen molar-refractivity contribution in [3.63, 3.8) is 0 Å². The fourth-order valence-electron chi connectivity index (χ4n) is 5.42. The number of hydrogen-bond donors (Lipinski definition) is 0. The Bertz CT molecular complexity index is 307. The van der Waals surface area contributed by atoms with Gasteiger partial charge in [0, 0.05) is 0 Å². The van der Waals surface area contributed by atoms with E-state index in [0.717, 1.165) is 11.8 Å². The number of rotatable bonds is 0. The van der Waals surface area contributed by atoms with Gasteiger partial charge in [-0.3, -0.25) is 0 Å². The highest BCUT2D eigenvalue weighted by atomic mass is 14.7. The molecule has 0 aromatic carbocycles. The molecule has 2 rings (SSSR count). The minimum Gasteiger partial charge on any atom is -0.0699 e. The van der Waals surface area contributed by atoms with Gasteiger partial charge in [-0.15, -0.1) is 0 Å². The van der Waals surface area contributed by atoms with Crippen LogP contribution in [0, 0.1) is 28.1 Å². The van der Waals surface area contributed by atoms with E-state index in [1.54, 1.807) is 11.1 Å². The Labute approximate surface area is 95.1 Å². The Kier molecular flexibility index (Phi) is 1.89. The number of hydrogen-bond acceptors (Lipinski definition) is 0. The Morgan fingerprint density at radius 2 is 0.933 bits per heavy atom. The van der Waals surface area contributed by atoms with Crippen LogP contribution in [0.1, 0.15) is 55.4 Å². The third-order valence-electron chi connectivity index (χ3n) is 6.08. The summed E-state index contributed by atoms with van der Waals surface area (Å²) < 4.78 is 0. The lowest BCUT2D eigenvalue weighted by molar-refractivity contribution is 0.0855. The van der Waals surface area contributed by atoms with Gasteiger partial charge in [0.25, 0.3) is 0 Å². The second-order valence-corrected chi connectivity index (χ2v) is 7.50. The predicted octanol–water partition coefficient (Wildman–Crippen LogP) is 4.66. The molecule has 2 aliphatic rings. The van der Waals surface area contributed by atoms with Gasteiger partial charge in [0.15, 0.2) is 0 Å². The monoisotopic (exact) mass is 206 g/mol. The van der Waals surface area contributed by atoms with Crippen molar-refractivity contribution in [2.24, 2.45) is 28.1 Å². The Morgan fingerprint density at radius 3 is 1.13 bits per heavy atom. The van der Waals surface area contributed by atoms with Crippen molar-refractivity contribution in [1.82, 2.24) is 0 Å². The quantitative estimate of drug-likeness (QED) is 0.506. The molecule has 2 bridgehead atoms. The van der Waals surface area contributed by atoms with Gasteiger partial charge in [-0.25, -0.2) is 0 Å². The standard InChI is InChI=1S/C15H26/c1-9-10(2)12-13(3,4)11(9)14(5,6)15(12,7)8/h11-12H,1-8H3. The molecule has 15 heavy (non-hydrogen) atoms. The van der Waals surface area contributed by atoms with Gasteiger partial charge in [0.05, 0.1) is 0 Å². The largest absolute Gasteiger partial charge is 0.0699 e. The molecule has 0 heterocycles. The lowest BCUT2D eigenvalue weighted by atomic mass is 9.59. The fourth-order valence-corrected chi connectivity index (χ4v) is 5.42. The second kappa shape index (κ2) is 2.52. The van der Waals surface area contributed by atoms with Crippen LogP contribution in [0.25, 0.3) is 0 Å². The molecule has 1 fully saturated rings. The first-order valence-corrected chi connectivity index (χ1v) is 6.23. The van der Waals surface area contributed by atoms with Gasteiger partial charge in [-0.1, -0.05) is 52.7 Å². The molecule has 0 aromatic rings. The van der Waals surface area contributed by atoms with E-state index in [4.69, 9.17) is 0 Å². The van der Waals surface area contributed by atoms with Crippen molar-refractivity contribution in [3.05, 3.63) is 11.1 Å². The average Bonchev–Trinajstić information content (AvgIpc) is 2.22. The van der Waals surface area contributed by atoms with E-state index in [1.807, 2.05) is 0 Å². The molecule has 0 N–H and O–H groups in total. The van der Waals surface area contributed by atoms with Gasteiger partial charge >= 0.3 is 0 Å². The first kappa shape index (κ1) is 11.2. The van der Waals surface area contributed by atoms with Crippen LogP contribution < -0.4 is 0 Å². The molecule has 1 saturated carbocycles. The molecule has 0 spiro atoms. The van der Waals surface area contributed by atoms with E-state index in [1.165, 1.54) is 0 Å². The van der Waals surface area contributed by atoms with Crippen LogP contribution in [0.4, 0.5) is 0 Å². The molecule has 2 unspecified atom stereocenters. The molecule has 2 aliphatic carbocycles. The smallest absolute Gasteiger partial charge is 0.00894 e. The third-order valence-corrected chi connectivity index (χ3v) is 6.08. The molecular formula is C15H26. The highest BCUT2D eigenvalue weighted by Gasteiger charge is 2.67. The zero-order valence-electron chi connectivity index (χ0n) is 11.7. The molecule has 0 nitrogen and oxygen atoms in total. The summed E-state index contributed by atoms with van der Waals surface area (Å²) in [5.41, 5.74) is 4.68. The normalized spacial score (nSPS) is 40.0. The molecule has 0 aliphatic heterocycles. The van der Waals surface area contributed by atoms with E-state index in [9.17, 15) is 0 Å². The van der Waals surface area contributed by atoms with Crippen molar-refractivity contribution in [2.75, 3.05) is 0 Å². The Hall–Kier alpha value is -0.260. The predicted molar refractivity (Wildman–Crippen MR) is 66.7 cm³/mol. The Morgan fingerprint density at radius 1 is 0.667 bits per heavy atom. The highest BCUT2D eigenvalue weighted by molar-refractivity contribution is 5.38. The average molecular weight is 206 g/mol. The summed E-state index contributed by atoms with van der Waals surface area (Å²) in [5, 5.41) is 0. The summed E-state index contributed by atoms with van der Waals surface area (Å²) in [6, 6.07) is 0. The second-order valence-electron chi connectivity index (χ2n) is 7.50. The maximum atomic E-state index is 2.47. The van der Waals surface area contributed by atoms with Crippen molar-refractivity contribution in [2.45, 2.75) is 55.4 Å². The van der Waals surface area contributed by atoms with Crippen LogP contribution in [-0.4, -0.2) is 0 Å². The summed E-state index contributed by atoms with van der Waals surface area (Å²) in [6.07, 6.45) is 0. The highest BCUT2D eigenvalue weighted by Crippen LogP contribution is 2.74. The van der Waals surface area contributed by atoms with Crippen LogP contribution in [-0.2, 0) is 0 Å². The minimum atomic E-state index is 0.435. The van der Waals surface area contributed by atoms with E-state index in [2.05, 4.69) is 55.4 Å². The molecule has 2 atom stereocenters. The zero-order valence-corrected chi connectivity index (χ0v) is 11.7. The molecule has 0 amide bonds. The summed E-state index contributed by atoms with van der Waals surface area (Å²) >= 11 is 0. The van der Waals surface area contributed by atoms with Gasteiger partial charge in [0.2, 0.25) is 0 Å². The van der Waals surface area contributed by atoms with Crippen molar-refractivity contribution in [1.29, 1.82) is 0 Å². The van der Waals surface area contributed by atoms with Gasteiger partial charge < -0.3 is 0 Å². The number of fused-ring (bicyclic) bond motifs is 2. The Balaban J connectivity index is 2.68. The van der Waals surface area contributed by atoms with Crippen molar-refractivity contribution in [3.8, 4) is 0 Å². The number of allylic oxidation sites excluding steroid dienone is 2. The molecule has 0 aromatic heterocycles. The molecule has 0 heteroatoms. The van der Waals surface area contributed by atoms with Crippen LogP contribution in [0.3, 0.4) is 0 Å². The topological polar surface area (TPSA) is 0 Å². The first-order chi connectivity index (χ1) is 6.56. The maximum absolute atomic E-state index is 2.47. The van der Waals surface area contributed by atoms with Crippen LogP contribution in [0.5, 0.6) is 0 Å². The van der Waals surface area contributed by atoms with Gasteiger partial charge in [-0.05, 0) is 41.9 Å². The van der Waals surface area contributed by atoms with Crippen LogP contribution in [0.2, 0.25) is 0 Å². The zero-order chi connectivity index (χ0) is 11.8. The first-order valence-electron chi connectivity index (χ1n) is 6.23. The fraction of sp³-hybridized carbons (Fsp3) is 0.867. The van der Waals surface area contributed by atoms with E-state index < -0.39 is 0 Å². The summed E-state index contributed by atoms with van der Waals surface area (Å²) in [5.74, 6) is 1.54. The molecule has 0 saturated heterocycles. The third kappa shape index (κ3) is 0.946. The lowest BCUT2D eigenvalue weighted by Gasteiger charge is -2.46. The summed E-state index contributed by atoms with van der Waals surface area (Å²) in [6.45, 7) is 19.5. The van der Waals surface area contributed by atoms with Gasteiger partial charge in [-0.2, -0.15) is 0 Å². The lowest BCUT2D eigenvalue weighted by Crippen LogP contribution is -2.38. The SMILES string of the molecule is CC1=C(C)C2C(C)(C)C1C(C)(C)C2(C)C. The summed E-state index contributed by atoms with van der Waals surface area (Å²) in [7, 11) is 0. The maximum Gasteiger partial charge on any atom is -0.00894 e. The molecule has 86 valence electrons.